The summed E-state index contributed by atoms with van der Waals surface area (Å²) in [6.07, 6.45) is 0.826. The van der Waals surface area contributed by atoms with Gasteiger partial charge in [-0.05, 0) is 66.2 Å². The molecule has 0 spiro atoms. The van der Waals surface area contributed by atoms with Gasteiger partial charge in [0.1, 0.15) is 6.04 Å². The Labute approximate surface area is 220 Å². The van der Waals surface area contributed by atoms with E-state index < -0.39 is 0 Å². The van der Waals surface area contributed by atoms with Crippen LogP contribution in [-0.4, -0.2) is 58.5 Å². The Morgan fingerprint density at radius 1 is 1.13 bits per heavy atom. The quantitative estimate of drug-likeness (QED) is 0.419. The molecule has 0 saturated carbocycles. The Hall–Kier alpha value is -4.44. The average Bonchev–Trinajstić information content (AvgIpc) is 3.62. The number of carbonyl (C=O) groups excluding carboxylic acids is 1. The van der Waals surface area contributed by atoms with Crippen molar-refractivity contribution in [2.75, 3.05) is 27.5 Å². The third-order valence-electron chi connectivity index (χ3n) is 7.13. The number of likely N-dealkylation sites (N-methyl/N-ethyl adjacent to an activating group) is 1. The fraction of sp³-hybridized carbons (Fsp3) is 0.286. The number of ether oxygens (including phenoxy) is 3. The largest absolute Gasteiger partial charge is 0.492 e. The van der Waals surface area contributed by atoms with E-state index in [-0.39, 0.29) is 24.8 Å². The van der Waals surface area contributed by atoms with E-state index in [2.05, 4.69) is 25.7 Å². The second-order valence-electron chi connectivity index (χ2n) is 9.45. The first-order valence-corrected chi connectivity index (χ1v) is 12.5. The zero-order valence-corrected chi connectivity index (χ0v) is 21.4. The van der Waals surface area contributed by atoms with Crippen molar-refractivity contribution in [3.8, 4) is 22.9 Å². The van der Waals surface area contributed by atoms with Gasteiger partial charge in [0.2, 0.25) is 12.5 Å². The highest BCUT2D eigenvalue weighted by Crippen LogP contribution is 2.50. The van der Waals surface area contributed by atoms with Gasteiger partial charge >= 0.3 is 0 Å². The molecule has 3 aromatic carbocycles. The number of carbonyl (C=O) groups is 1. The zero-order chi connectivity index (χ0) is 26.2. The number of amides is 1. The van der Waals surface area contributed by atoms with Crippen LogP contribution in [0.1, 0.15) is 51.9 Å². The monoisotopic (exact) mass is 512 g/mol. The standard InChI is InChI=1S/C28H28N6O4/c1-17(18-8-5-4-6-9-18)29-28(35)20-10-7-11-21(14-20)34-27(30-31-32-34)24-23-19(12-13-33(24)2)15-22-25(26(23)36-3)38-16-37-22/h4-11,14-15,17,24H,12-13,16H2,1-3H3,(H,29,35)/t17-,24-/m1/s1. The number of hydrogen-bond donors (Lipinski definition) is 1. The van der Waals surface area contributed by atoms with Crippen LogP contribution in [-0.2, 0) is 6.42 Å². The van der Waals surface area contributed by atoms with E-state index in [4.69, 9.17) is 14.2 Å². The molecule has 0 saturated heterocycles. The van der Waals surface area contributed by atoms with Gasteiger partial charge in [-0.3, -0.25) is 9.69 Å². The summed E-state index contributed by atoms with van der Waals surface area (Å²) < 4.78 is 18.9. The summed E-state index contributed by atoms with van der Waals surface area (Å²) in [5.74, 6) is 2.35. The molecule has 0 aliphatic carbocycles. The SMILES string of the molecule is COc1c2c(cc3c1[C@H](c1nnnn1-c1cccc(C(=O)N[C@H](C)c4ccccc4)c1)N(C)CC3)OCO2. The number of tetrazole rings is 1. The number of aromatic nitrogens is 4. The number of methoxy groups -OCH3 is 1. The minimum atomic E-state index is -0.297. The molecule has 10 heteroatoms. The summed E-state index contributed by atoms with van der Waals surface area (Å²) in [6, 6.07) is 18.8. The molecule has 0 unspecified atom stereocenters. The molecule has 194 valence electrons. The summed E-state index contributed by atoms with van der Waals surface area (Å²) in [4.78, 5) is 15.3. The van der Waals surface area contributed by atoms with Gasteiger partial charge in [0, 0.05) is 17.7 Å². The van der Waals surface area contributed by atoms with Crippen molar-refractivity contribution in [3.63, 3.8) is 0 Å². The van der Waals surface area contributed by atoms with Crippen molar-refractivity contribution in [1.82, 2.24) is 30.4 Å². The number of hydrogen-bond acceptors (Lipinski definition) is 8. The molecule has 1 aromatic heterocycles. The van der Waals surface area contributed by atoms with Gasteiger partial charge in [0.15, 0.2) is 17.3 Å². The normalized spacial score (nSPS) is 17.1. The molecule has 38 heavy (non-hydrogen) atoms. The predicted octanol–water partition coefficient (Wildman–Crippen LogP) is 3.47. The Morgan fingerprint density at radius 2 is 1.97 bits per heavy atom. The van der Waals surface area contributed by atoms with Gasteiger partial charge in [-0.2, -0.15) is 4.68 Å². The fourth-order valence-corrected chi connectivity index (χ4v) is 5.19. The number of rotatable bonds is 6. The maximum absolute atomic E-state index is 13.1. The molecule has 10 nitrogen and oxygen atoms in total. The van der Waals surface area contributed by atoms with Crippen LogP contribution in [0.25, 0.3) is 5.69 Å². The second-order valence-corrected chi connectivity index (χ2v) is 9.45. The molecule has 2 aliphatic rings. The average molecular weight is 513 g/mol. The molecule has 6 rings (SSSR count). The topological polar surface area (TPSA) is 104 Å². The highest BCUT2D eigenvalue weighted by Gasteiger charge is 2.37. The van der Waals surface area contributed by atoms with Gasteiger partial charge in [0.25, 0.3) is 5.91 Å². The molecule has 1 N–H and O–H groups in total. The van der Waals surface area contributed by atoms with Crippen molar-refractivity contribution in [2.45, 2.75) is 25.4 Å². The van der Waals surface area contributed by atoms with Crippen LogP contribution in [0.2, 0.25) is 0 Å². The molecular weight excluding hydrogens is 484 g/mol. The van der Waals surface area contributed by atoms with Gasteiger partial charge < -0.3 is 19.5 Å². The van der Waals surface area contributed by atoms with Crippen LogP contribution < -0.4 is 19.5 Å². The van der Waals surface area contributed by atoms with E-state index in [1.54, 1.807) is 23.9 Å². The van der Waals surface area contributed by atoms with Crippen LogP contribution in [0.3, 0.4) is 0 Å². The number of benzene rings is 3. The molecule has 4 aromatic rings. The summed E-state index contributed by atoms with van der Waals surface area (Å²) in [5, 5.41) is 15.8. The van der Waals surface area contributed by atoms with Crippen molar-refractivity contribution in [3.05, 3.63) is 88.7 Å². The highest BCUT2D eigenvalue weighted by molar-refractivity contribution is 5.95. The van der Waals surface area contributed by atoms with Gasteiger partial charge in [-0.25, -0.2) is 0 Å². The first-order valence-electron chi connectivity index (χ1n) is 12.5. The minimum Gasteiger partial charge on any atom is -0.492 e. The Kier molecular flexibility index (Phi) is 6.16. The predicted molar refractivity (Wildman–Crippen MR) is 139 cm³/mol. The van der Waals surface area contributed by atoms with E-state index in [1.165, 1.54) is 0 Å². The number of nitrogens with zero attached hydrogens (tertiary/aromatic N) is 5. The maximum atomic E-state index is 13.1. The highest BCUT2D eigenvalue weighted by atomic mass is 16.7. The van der Waals surface area contributed by atoms with Crippen LogP contribution in [0.4, 0.5) is 0 Å². The van der Waals surface area contributed by atoms with E-state index in [0.717, 1.165) is 29.7 Å². The van der Waals surface area contributed by atoms with E-state index in [9.17, 15) is 4.79 Å². The lowest BCUT2D eigenvalue weighted by atomic mass is 9.90. The summed E-state index contributed by atoms with van der Waals surface area (Å²) in [7, 11) is 3.66. The Bertz CT molecular complexity index is 1490. The van der Waals surface area contributed by atoms with Crippen molar-refractivity contribution in [2.24, 2.45) is 0 Å². The van der Waals surface area contributed by atoms with Gasteiger partial charge in [0.05, 0.1) is 18.8 Å². The molecule has 0 radical (unpaired) electrons. The number of nitrogens with one attached hydrogen (secondary N) is 1. The lowest BCUT2D eigenvalue weighted by Crippen LogP contribution is -2.35. The Morgan fingerprint density at radius 3 is 2.79 bits per heavy atom. The summed E-state index contributed by atoms with van der Waals surface area (Å²) in [6.45, 7) is 2.92. The van der Waals surface area contributed by atoms with Crippen LogP contribution in [0.5, 0.6) is 17.2 Å². The van der Waals surface area contributed by atoms with Crippen molar-refractivity contribution in [1.29, 1.82) is 0 Å². The maximum Gasteiger partial charge on any atom is 0.251 e. The number of fused-ring (bicyclic) bond motifs is 2. The van der Waals surface area contributed by atoms with Crippen molar-refractivity contribution >= 4 is 5.91 Å². The third kappa shape index (κ3) is 4.12. The van der Waals surface area contributed by atoms with Crippen molar-refractivity contribution < 1.29 is 19.0 Å². The summed E-state index contributed by atoms with van der Waals surface area (Å²) in [5.41, 5.74) is 4.29. The molecule has 2 aliphatic heterocycles. The fourth-order valence-electron chi connectivity index (χ4n) is 5.19. The van der Waals surface area contributed by atoms with Crippen LogP contribution >= 0.6 is 0 Å². The van der Waals surface area contributed by atoms with Gasteiger partial charge in [-0.15, -0.1) is 5.10 Å². The van der Waals surface area contributed by atoms with E-state index in [1.807, 2.05) is 62.5 Å². The zero-order valence-electron chi connectivity index (χ0n) is 21.4. The second kappa shape index (κ2) is 9.79. The molecule has 1 amide bonds. The van der Waals surface area contributed by atoms with Gasteiger partial charge in [-0.1, -0.05) is 36.4 Å². The smallest absolute Gasteiger partial charge is 0.251 e. The van der Waals surface area contributed by atoms with E-state index >= 15 is 0 Å². The molecule has 2 atom stereocenters. The van der Waals surface area contributed by atoms with Crippen LogP contribution in [0, 0.1) is 0 Å². The Balaban J connectivity index is 1.35. The minimum absolute atomic E-state index is 0.135. The first kappa shape index (κ1) is 23.9. The summed E-state index contributed by atoms with van der Waals surface area (Å²) >= 11 is 0. The van der Waals surface area contributed by atoms with Crippen LogP contribution in [0.15, 0.2) is 60.7 Å². The lowest BCUT2D eigenvalue weighted by Gasteiger charge is -2.34. The third-order valence-corrected chi connectivity index (χ3v) is 7.13. The molecule has 3 heterocycles. The molecular formula is C28H28N6O4. The van der Waals surface area contributed by atoms with E-state index in [0.29, 0.717) is 34.3 Å². The first-order chi connectivity index (χ1) is 18.5. The lowest BCUT2D eigenvalue weighted by molar-refractivity contribution is 0.0940. The molecule has 0 bridgehead atoms. The molecule has 0 fully saturated rings.